The fraction of sp³-hybridized carbons (Fsp3) is 0.300. The van der Waals surface area contributed by atoms with E-state index < -0.39 is 0 Å². The average molecular weight is 635 g/mol. The Morgan fingerprint density at radius 2 is 1.93 bits per heavy atom. The molecule has 210 valence electrons. The molecule has 0 aliphatic carbocycles. The van der Waals surface area contributed by atoms with Gasteiger partial charge in [-0.15, -0.1) is 10.2 Å². The summed E-state index contributed by atoms with van der Waals surface area (Å²) in [5.74, 6) is 1.63. The van der Waals surface area contributed by atoms with Crippen LogP contribution in [0.5, 0.6) is 0 Å². The second kappa shape index (κ2) is 10.6. The van der Waals surface area contributed by atoms with Crippen LogP contribution < -0.4 is 5.56 Å². The van der Waals surface area contributed by atoms with E-state index in [1.807, 2.05) is 48.8 Å². The first-order chi connectivity index (χ1) is 19.6. The molecular weight excluding hydrogens is 606 g/mol. The van der Waals surface area contributed by atoms with Crippen LogP contribution in [0.15, 0.2) is 57.9 Å². The van der Waals surface area contributed by atoms with E-state index in [1.54, 1.807) is 27.7 Å². The Kier molecular flexibility index (Phi) is 7.07. The predicted molar refractivity (Wildman–Crippen MR) is 162 cm³/mol. The number of benzene rings is 2. The number of nitrogens with zero attached hydrogens (tertiary/aromatic N) is 6. The molecule has 9 nitrogen and oxygen atoms in total. The Morgan fingerprint density at radius 1 is 1.17 bits per heavy atom. The Morgan fingerprint density at radius 3 is 2.59 bits per heavy atom. The molecule has 0 saturated heterocycles. The maximum Gasteiger partial charge on any atom is 0.261 e. The van der Waals surface area contributed by atoms with Crippen LogP contribution in [0, 0.1) is 12.8 Å². The molecule has 0 radical (unpaired) electrons. The molecule has 5 aromatic rings. The van der Waals surface area contributed by atoms with Crippen molar-refractivity contribution < 1.29 is 4.79 Å². The molecule has 0 bridgehead atoms. The molecule has 1 atom stereocenters. The van der Waals surface area contributed by atoms with Gasteiger partial charge in [-0.25, -0.2) is 4.52 Å². The maximum atomic E-state index is 14.3. The number of carbonyl (C=O) groups excluding carboxylic acids is 1. The Bertz CT molecular complexity index is 1860. The molecule has 0 spiro atoms. The first kappa shape index (κ1) is 27.4. The van der Waals surface area contributed by atoms with Gasteiger partial charge in [0.25, 0.3) is 11.5 Å². The fourth-order valence-electron chi connectivity index (χ4n) is 5.52. The summed E-state index contributed by atoms with van der Waals surface area (Å²) in [5.41, 5.74) is 5.13. The molecule has 4 heterocycles. The predicted octanol–water partition coefficient (Wildman–Crippen LogP) is 5.78. The van der Waals surface area contributed by atoms with Crippen LogP contribution in [0.2, 0.25) is 5.02 Å². The van der Waals surface area contributed by atoms with Crippen LogP contribution in [-0.4, -0.2) is 46.2 Å². The number of aromatic amines is 1. The molecule has 1 aliphatic rings. The molecule has 0 fully saturated rings. The van der Waals surface area contributed by atoms with Crippen molar-refractivity contribution in [2.75, 3.05) is 0 Å². The number of H-pyrrole nitrogens is 1. The summed E-state index contributed by atoms with van der Waals surface area (Å²) in [6, 6.07) is 12.7. The minimum atomic E-state index is -0.196. The van der Waals surface area contributed by atoms with Crippen LogP contribution in [0.4, 0.5) is 0 Å². The second-order valence-electron chi connectivity index (χ2n) is 11.0. The van der Waals surface area contributed by atoms with E-state index in [1.165, 1.54) is 0 Å². The smallest absolute Gasteiger partial charge is 0.261 e. The van der Waals surface area contributed by atoms with Crippen molar-refractivity contribution >= 4 is 39.1 Å². The Balaban J connectivity index is 1.48. The second-order valence-corrected chi connectivity index (χ2v) is 12.3. The third-order valence-electron chi connectivity index (χ3n) is 7.50. The van der Waals surface area contributed by atoms with Gasteiger partial charge in [-0.05, 0) is 91.0 Å². The molecule has 6 rings (SSSR count). The minimum absolute atomic E-state index is 0.0908. The van der Waals surface area contributed by atoms with Gasteiger partial charge in [0.2, 0.25) is 0 Å². The first-order valence-electron chi connectivity index (χ1n) is 13.5. The van der Waals surface area contributed by atoms with E-state index in [0.717, 1.165) is 44.9 Å². The van der Waals surface area contributed by atoms with Gasteiger partial charge in [-0.3, -0.25) is 14.2 Å². The number of rotatable bonds is 5. The molecule has 1 amide bonds. The number of carbonyl (C=O) groups is 1. The number of hydrogen-bond acceptors (Lipinski definition) is 5. The Labute approximate surface area is 250 Å². The van der Waals surface area contributed by atoms with Gasteiger partial charge in [-0.1, -0.05) is 25.4 Å². The summed E-state index contributed by atoms with van der Waals surface area (Å²) in [4.78, 5) is 32.8. The van der Waals surface area contributed by atoms with Gasteiger partial charge < -0.3 is 9.88 Å². The zero-order chi connectivity index (χ0) is 29.0. The summed E-state index contributed by atoms with van der Waals surface area (Å²) >= 11 is 9.69. The number of hydrogen-bond donors (Lipinski definition) is 1. The van der Waals surface area contributed by atoms with Crippen molar-refractivity contribution in [2.24, 2.45) is 5.92 Å². The highest BCUT2D eigenvalue weighted by atomic mass is 79.9. The zero-order valence-corrected chi connectivity index (χ0v) is 25.5. The Hall–Kier alpha value is -3.76. The maximum absolute atomic E-state index is 14.3. The van der Waals surface area contributed by atoms with E-state index in [0.29, 0.717) is 34.3 Å². The lowest BCUT2D eigenvalue weighted by molar-refractivity contribution is 0.0651. The molecule has 1 N–H and O–H groups in total. The van der Waals surface area contributed by atoms with E-state index in [2.05, 4.69) is 45.0 Å². The van der Waals surface area contributed by atoms with E-state index in [9.17, 15) is 9.59 Å². The normalized spacial score (nSPS) is 15.1. The zero-order valence-electron chi connectivity index (χ0n) is 23.2. The van der Waals surface area contributed by atoms with Crippen LogP contribution in [0.1, 0.15) is 53.8 Å². The fourth-order valence-corrected chi connectivity index (χ4v) is 5.95. The number of aryl methyl sites for hydroxylation is 1. The summed E-state index contributed by atoms with van der Waals surface area (Å²) < 4.78 is 4.34. The van der Waals surface area contributed by atoms with Gasteiger partial charge in [-0.2, -0.15) is 5.10 Å². The molecule has 2 aromatic carbocycles. The summed E-state index contributed by atoms with van der Waals surface area (Å²) in [6.45, 7) is 8.38. The molecule has 0 unspecified atom stereocenters. The number of aromatic nitrogens is 6. The third kappa shape index (κ3) is 4.89. The topological polar surface area (TPSA) is 101 Å². The standard InChI is InChI=1S/C30H29BrClN7O2/c1-16(2)11-21-14-33-39-26-15-37(29(40)20-7-10-24(31)25(32)13-20)17(3)12-23(26)30(41)38(28(21)39)22-8-5-19(6-9-22)27-34-18(4)35-36-27/h5-10,13-14,16-17H,11-12,15H2,1-4H3,(H,34,35,36)/t17-/m1/s1. The molecule has 0 saturated carbocycles. The van der Waals surface area contributed by atoms with Crippen molar-refractivity contribution in [3.63, 3.8) is 0 Å². The summed E-state index contributed by atoms with van der Waals surface area (Å²) in [5, 5.41) is 13.5. The van der Waals surface area contributed by atoms with Crippen molar-refractivity contribution in [1.29, 1.82) is 0 Å². The number of fused-ring (bicyclic) bond motifs is 3. The largest absolute Gasteiger partial charge is 0.330 e. The average Bonchev–Trinajstić information content (AvgIpc) is 3.56. The molecular formula is C30H29BrClN7O2. The van der Waals surface area contributed by atoms with Gasteiger partial charge in [0, 0.05) is 32.8 Å². The SMILES string of the molecule is Cc1nnc(-c2ccc(-n3c(=O)c4c(n5ncc(CC(C)C)c35)CN(C(=O)c3ccc(Br)c(Cl)c3)[C@H](C)C4)cc2)[nH]1. The van der Waals surface area contributed by atoms with Crippen LogP contribution in [-0.2, 0) is 19.4 Å². The van der Waals surface area contributed by atoms with E-state index >= 15 is 0 Å². The van der Waals surface area contributed by atoms with Crippen LogP contribution in [0.3, 0.4) is 0 Å². The van der Waals surface area contributed by atoms with Crippen LogP contribution >= 0.6 is 27.5 Å². The summed E-state index contributed by atoms with van der Waals surface area (Å²) in [7, 11) is 0. The molecule has 3 aromatic heterocycles. The van der Waals surface area contributed by atoms with Crippen molar-refractivity contribution in [2.45, 2.75) is 53.1 Å². The molecule has 1 aliphatic heterocycles. The van der Waals surface area contributed by atoms with Crippen molar-refractivity contribution in [3.05, 3.63) is 96.7 Å². The van der Waals surface area contributed by atoms with E-state index in [-0.39, 0.29) is 24.1 Å². The highest BCUT2D eigenvalue weighted by molar-refractivity contribution is 9.10. The lowest BCUT2D eigenvalue weighted by Gasteiger charge is -2.35. The molecule has 11 heteroatoms. The van der Waals surface area contributed by atoms with Gasteiger partial charge in [0.15, 0.2) is 5.82 Å². The number of amides is 1. The van der Waals surface area contributed by atoms with Crippen LogP contribution in [0.25, 0.3) is 22.7 Å². The van der Waals surface area contributed by atoms with E-state index in [4.69, 9.17) is 16.7 Å². The van der Waals surface area contributed by atoms with Crippen molar-refractivity contribution in [3.8, 4) is 17.1 Å². The summed E-state index contributed by atoms with van der Waals surface area (Å²) in [6.07, 6.45) is 3.01. The van der Waals surface area contributed by atoms with Crippen molar-refractivity contribution in [1.82, 2.24) is 34.3 Å². The number of halogens is 2. The van der Waals surface area contributed by atoms with Gasteiger partial charge >= 0.3 is 0 Å². The lowest BCUT2D eigenvalue weighted by Crippen LogP contribution is -2.46. The number of nitrogens with one attached hydrogen (secondary N) is 1. The highest BCUT2D eigenvalue weighted by Gasteiger charge is 2.33. The minimum Gasteiger partial charge on any atom is -0.330 e. The van der Waals surface area contributed by atoms with Gasteiger partial charge in [0.1, 0.15) is 11.5 Å². The van der Waals surface area contributed by atoms with Gasteiger partial charge in [0.05, 0.1) is 29.1 Å². The highest BCUT2D eigenvalue weighted by Crippen LogP contribution is 2.29. The third-order valence-corrected chi connectivity index (χ3v) is 8.73. The monoisotopic (exact) mass is 633 g/mol. The lowest BCUT2D eigenvalue weighted by atomic mass is 9.98. The first-order valence-corrected chi connectivity index (χ1v) is 14.7. The quantitative estimate of drug-likeness (QED) is 0.264. The molecule has 41 heavy (non-hydrogen) atoms.